The first-order valence-corrected chi connectivity index (χ1v) is 10.5. The minimum atomic E-state index is -0.445. The normalized spacial score (nSPS) is 11.0. The number of anilines is 2. The van der Waals surface area contributed by atoms with Crippen molar-refractivity contribution in [3.63, 3.8) is 0 Å². The second kappa shape index (κ2) is 9.78. The number of nitro groups is 1. The molecule has 4 aromatic rings. The molecule has 34 heavy (non-hydrogen) atoms. The van der Waals surface area contributed by atoms with E-state index in [-0.39, 0.29) is 11.2 Å². The Hall–Kier alpha value is -4.79. The summed E-state index contributed by atoms with van der Waals surface area (Å²) in [4.78, 5) is 35.0. The maximum Gasteiger partial charge on any atom is 0.323 e. The van der Waals surface area contributed by atoms with Crippen molar-refractivity contribution in [1.29, 1.82) is 0 Å². The van der Waals surface area contributed by atoms with Crippen molar-refractivity contribution in [3.8, 4) is 0 Å². The fraction of sp³-hybridized carbons (Fsp3) is 0.0800. The molecule has 0 unspecified atom stereocenters. The zero-order chi connectivity index (χ0) is 24.1. The lowest BCUT2D eigenvalue weighted by Gasteiger charge is -2.09. The van der Waals surface area contributed by atoms with Crippen molar-refractivity contribution in [2.75, 3.05) is 10.6 Å². The van der Waals surface area contributed by atoms with E-state index in [1.165, 1.54) is 12.1 Å². The molecule has 0 spiro atoms. The molecule has 3 aromatic carbocycles. The highest BCUT2D eigenvalue weighted by atomic mass is 16.6. The molecule has 1 aromatic heterocycles. The van der Waals surface area contributed by atoms with E-state index in [2.05, 4.69) is 20.8 Å². The van der Waals surface area contributed by atoms with Crippen LogP contribution in [0.4, 0.5) is 21.9 Å². The molecule has 0 fully saturated rings. The van der Waals surface area contributed by atoms with E-state index in [9.17, 15) is 19.7 Å². The summed E-state index contributed by atoms with van der Waals surface area (Å²) in [5.74, 6) is 0. The van der Waals surface area contributed by atoms with Gasteiger partial charge in [0.25, 0.3) is 11.2 Å². The zero-order valence-corrected chi connectivity index (χ0v) is 18.2. The van der Waals surface area contributed by atoms with Crippen LogP contribution in [0.2, 0.25) is 0 Å². The molecule has 0 radical (unpaired) electrons. The molecule has 170 valence electrons. The second-order valence-electron chi connectivity index (χ2n) is 7.66. The van der Waals surface area contributed by atoms with E-state index in [4.69, 9.17) is 0 Å². The number of amides is 2. The van der Waals surface area contributed by atoms with Crippen molar-refractivity contribution < 1.29 is 9.72 Å². The largest absolute Gasteiger partial charge is 0.323 e. The summed E-state index contributed by atoms with van der Waals surface area (Å²) in [6, 6.07) is 18.3. The third-order valence-corrected chi connectivity index (χ3v) is 5.16. The Balaban J connectivity index is 1.48. The Labute approximate surface area is 194 Å². The number of aryl methyl sites for hydroxylation is 1. The topological polar surface area (TPSA) is 130 Å². The van der Waals surface area contributed by atoms with Crippen molar-refractivity contribution in [2.24, 2.45) is 0 Å². The van der Waals surface area contributed by atoms with Crippen LogP contribution in [0, 0.1) is 17.0 Å². The van der Waals surface area contributed by atoms with Gasteiger partial charge in [0.05, 0.1) is 16.0 Å². The number of non-ortho nitro benzene ring substituents is 1. The van der Waals surface area contributed by atoms with Crippen molar-refractivity contribution >= 4 is 39.9 Å². The molecule has 9 heteroatoms. The molecule has 0 aliphatic heterocycles. The highest BCUT2D eigenvalue weighted by molar-refractivity contribution is 6.01. The molecule has 0 bridgehead atoms. The van der Waals surface area contributed by atoms with Gasteiger partial charge in [-0.1, -0.05) is 35.9 Å². The first-order chi connectivity index (χ1) is 16.4. The fourth-order valence-corrected chi connectivity index (χ4v) is 3.40. The number of nitrogens with zero attached hydrogens (tertiary/aromatic N) is 2. The Morgan fingerprint density at radius 3 is 2.38 bits per heavy atom. The SMILES string of the molecule is Cc1ccc(NC(=O)Nc2ccc3c(C/C=C/c4ccc([N+](=O)[O-])cc4)n[nH]c(=O)c3c2)cc1. The number of aromatic amines is 1. The summed E-state index contributed by atoms with van der Waals surface area (Å²) in [6.45, 7) is 1.96. The number of rotatable bonds is 6. The highest BCUT2D eigenvalue weighted by Crippen LogP contribution is 2.20. The number of carbonyl (C=O) groups is 1. The fourth-order valence-electron chi connectivity index (χ4n) is 3.40. The lowest BCUT2D eigenvalue weighted by atomic mass is 10.1. The summed E-state index contributed by atoms with van der Waals surface area (Å²) >= 11 is 0. The monoisotopic (exact) mass is 455 g/mol. The van der Waals surface area contributed by atoms with Crippen molar-refractivity contribution in [3.05, 3.63) is 110 Å². The van der Waals surface area contributed by atoms with Gasteiger partial charge in [-0.3, -0.25) is 14.9 Å². The second-order valence-corrected chi connectivity index (χ2v) is 7.66. The lowest BCUT2D eigenvalue weighted by molar-refractivity contribution is -0.384. The number of nitrogens with one attached hydrogen (secondary N) is 3. The Morgan fingerprint density at radius 2 is 1.68 bits per heavy atom. The predicted molar refractivity (Wildman–Crippen MR) is 132 cm³/mol. The number of H-pyrrole nitrogens is 1. The third kappa shape index (κ3) is 5.33. The van der Waals surface area contributed by atoms with E-state index >= 15 is 0 Å². The number of hydrogen-bond acceptors (Lipinski definition) is 5. The van der Waals surface area contributed by atoms with Gasteiger partial charge in [-0.15, -0.1) is 0 Å². The molecule has 2 amide bonds. The van der Waals surface area contributed by atoms with E-state index in [1.807, 2.05) is 43.3 Å². The molecular weight excluding hydrogens is 434 g/mol. The van der Waals surface area contributed by atoms with E-state index in [1.54, 1.807) is 30.3 Å². The molecule has 0 aliphatic rings. The van der Waals surface area contributed by atoms with Gasteiger partial charge in [0, 0.05) is 35.3 Å². The number of fused-ring (bicyclic) bond motifs is 1. The molecule has 3 N–H and O–H groups in total. The summed E-state index contributed by atoms with van der Waals surface area (Å²) in [7, 11) is 0. The maximum absolute atomic E-state index is 12.4. The number of allylic oxidation sites excluding steroid dienone is 1. The van der Waals surface area contributed by atoms with Crippen molar-refractivity contribution in [2.45, 2.75) is 13.3 Å². The van der Waals surface area contributed by atoms with Gasteiger partial charge in [0.15, 0.2) is 0 Å². The molecule has 0 saturated carbocycles. The standard InChI is InChI=1S/C25H21N5O4/c1-16-5-9-18(10-6-16)26-25(32)27-19-11-14-21-22(15-19)24(31)29-28-23(21)4-2-3-17-7-12-20(13-8-17)30(33)34/h2-3,5-15H,4H2,1H3,(H,29,31)(H2,26,27,32)/b3-2+. The molecule has 0 saturated heterocycles. The zero-order valence-electron chi connectivity index (χ0n) is 18.2. The lowest BCUT2D eigenvalue weighted by Crippen LogP contribution is -2.19. The number of urea groups is 1. The number of benzene rings is 3. The molecular formula is C25H21N5O4. The van der Waals surface area contributed by atoms with Gasteiger partial charge < -0.3 is 10.6 Å². The van der Waals surface area contributed by atoms with Crippen LogP contribution in [0.25, 0.3) is 16.8 Å². The van der Waals surface area contributed by atoms with Gasteiger partial charge in [-0.05, 0) is 48.9 Å². The van der Waals surface area contributed by atoms with Gasteiger partial charge >= 0.3 is 6.03 Å². The molecule has 9 nitrogen and oxygen atoms in total. The van der Waals surface area contributed by atoms with E-state index in [0.29, 0.717) is 34.3 Å². The summed E-state index contributed by atoms with van der Waals surface area (Å²) in [5, 5.41) is 24.0. The van der Waals surface area contributed by atoms with Crippen LogP contribution in [0.15, 0.2) is 77.6 Å². The minimum Gasteiger partial charge on any atom is -0.308 e. The van der Waals surface area contributed by atoms with Gasteiger partial charge in [0.1, 0.15) is 0 Å². The number of aromatic nitrogens is 2. The van der Waals surface area contributed by atoms with Crippen LogP contribution in [-0.2, 0) is 6.42 Å². The average molecular weight is 455 g/mol. The number of carbonyl (C=O) groups excluding carboxylic acids is 1. The van der Waals surface area contributed by atoms with Gasteiger partial charge in [-0.2, -0.15) is 5.10 Å². The van der Waals surface area contributed by atoms with Crippen LogP contribution >= 0.6 is 0 Å². The van der Waals surface area contributed by atoms with Crippen molar-refractivity contribution in [1.82, 2.24) is 10.2 Å². The Kier molecular flexibility index (Phi) is 6.45. The molecule has 1 heterocycles. The summed E-state index contributed by atoms with van der Waals surface area (Å²) in [5.41, 5.74) is 3.36. The molecule has 4 rings (SSSR count). The molecule has 0 aliphatic carbocycles. The smallest absolute Gasteiger partial charge is 0.308 e. The van der Waals surface area contributed by atoms with Crippen LogP contribution in [0.3, 0.4) is 0 Å². The summed E-state index contributed by atoms with van der Waals surface area (Å²) < 4.78 is 0. The predicted octanol–water partition coefficient (Wildman–Crippen LogP) is 5.04. The highest BCUT2D eigenvalue weighted by Gasteiger charge is 2.09. The Morgan fingerprint density at radius 1 is 1.00 bits per heavy atom. The van der Waals surface area contributed by atoms with Crippen LogP contribution in [0.5, 0.6) is 0 Å². The van der Waals surface area contributed by atoms with E-state index in [0.717, 1.165) is 11.1 Å². The summed E-state index contributed by atoms with van der Waals surface area (Å²) in [6.07, 6.45) is 4.13. The number of hydrogen-bond donors (Lipinski definition) is 3. The van der Waals surface area contributed by atoms with Gasteiger partial charge in [-0.25, -0.2) is 9.89 Å². The average Bonchev–Trinajstić information content (AvgIpc) is 2.82. The first-order valence-electron chi connectivity index (χ1n) is 10.5. The molecule has 0 atom stereocenters. The quantitative estimate of drug-likeness (QED) is 0.277. The van der Waals surface area contributed by atoms with Crippen LogP contribution in [0.1, 0.15) is 16.8 Å². The Bertz CT molecular complexity index is 1440. The maximum atomic E-state index is 12.4. The minimum absolute atomic E-state index is 0.0300. The first kappa shape index (κ1) is 22.4. The van der Waals surface area contributed by atoms with Crippen LogP contribution in [-0.4, -0.2) is 21.2 Å². The van der Waals surface area contributed by atoms with Gasteiger partial charge in [0.2, 0.25) is 0 Å². The number of nitro benzene ring substituents is 1. The van der Waals surface area contributed by atoms with E-state index < -0.39 is 11.0 Å². The van der Waals surface area contributed by atoms with Crippen LogP contribution < -0.4 is 16.2 Å². The third-order valence-electron chi connectivity index (χ3n) is 5.16.